The van der Waals surface area contributed by atoms with E-state index in [1.165, 1.54) is 12.0 Å². The van der Waals surface area contributed by atoms with Gasteiger partial charge in [0.15, 0.2) is 0 Å². The smallest absolute Gasteiger partial charge is 0.317 e. The van der Waals surface area contributed by atoms with Crippen molar-refractivity contribution in [3.8, 4) is 5.75 Å². The molecule has 0 aliphatic carbocycles. The third kappa shape index (κ3) is 5.15. The van der Waals surface area contributed by atoms with Crippen LogP contribution in [0.3, 0.4) is 0 Å². The number of carbonyl (C=O) groups excluding carboxylic acids is 1. The van der Waals surface area contributed by atoms with Gasteiger partial charge in [0.05, 0.1) is 18.1 Å². The predicted molar refractivity (Wildman–Crippen MR) is 79.7 cm³/mol. The molecule has 0 radical (unpaired) electrons. The summed E-state index contributed by atoms with van der Waals surface area (Å²) in [5.74, 6) is -0.980. The number of halogens is 1. The second kappa shape index (κ2) is 7.73. The number of carboxylic acids is 1. The maximum absolute atomic E-state index is 11.8. The van der Waals surface area contributed by atoms with Crippen LogP contribution in [0.15, 0.2) is 18.2 Å². The van der Waals surface area contributed by atoms with Gasteiger partial charge in [0, 0.05) is 20.1 Å². The van der Waals surface area contributed by atoms with Crippen molar-refractivity contribution in [3.63, 3.8) is 0 Å². The fourth-order valence-corrected chi connectivity index (χ4v) is 1.98. The Balaban J connectivity index is 2.52. The van der Waals surface area contributed by atoms with E-state index in [0.29, 0.717) is 17.3 Å². The Bertz CT molecular complexity index is 522. The van der Waals surface area contributed by atoms with Crippen molar-refractivity contribution in [2.45, 2.75) is 13.5 Å². The number of aliphatic carboxylic acids is 1. The molecule has 0 aromatic heterocycles. The minimum atomic E-state index is -0.934. The van der Waals surface area contributed by atoms with Gasteiger partial charge in [0.1, 0.15) is 5.75 Å². The number of carboxylic acid groups (broad SMARTS) is 1. The van der Waals surface area contributed by atoms with Crippen molar-refractivity contribution in [2.75, 3.05) is 20.7 Å². The Morgan fingerprint density at radius 1 is 1.48 bits per heavy atom. The van der Waals surface area contributed by atoms with Crippen LogP contribution in [-0.4, -0.2) is 42.7 Å². The first-order chi connectivity index (χ1) is 9.85. The number of methoxy groups -OCH3 is 1. The van der Waals surface area contributed by atoms with Crippen LogP contribution in [0.5, 0.6) is 5.75 Å². The van der Waals surface area contributed by atoms with Crippen LogP contribution in [0.25, 0.3) is 0 Å². The fraction of sp³-hybridized carbons (Fsp3) is 0.429. The molecule has 1 aromatic rings. The van der Waals surface area contributed by atoms with Crippen molar-refractivity contribution >= 4 is 23.6 Å². The largest absolute Gasteiger partial charge is 0.495 e. The lowest BCUT2D eigenvalue weighted by Gasteiger charge is -2.20. The van der Waals surface area contributed by atoms with Crippen LogP contribution in [0.1, 0.15) is 12.5 Å². The fourth-order valence-electron chi connectivity index (χ4n) is 1.70. The van der Waals surface area contributed by atoms with E-state index in [1.54, 1.807) is 32.2 Å². The molecule has 21 heavy (non-hydrogen) atoms. The highest BCUT2D eigenvalue weighted by Crippen LogP contribution is 2.24. The molecule has 0 aliphatic heterocycles. The van der Waals surface area contributed by atoms with Crippen molar-refractivity contribution in [2.24, 2.45) is 5.92 Å². The highest BCUT2D eigenvalue weighted by molar-refractivity contribution is 6.32. The van der Waals surface area contributed by atoms with Gasteiger partial charge in [-0.1, -0.05) is 24.6 Å². The summed E-state index contributed by atoms with van der Waals surface area (Å²) >= 11 is 6.00. The van der Waals surface area contributed by atoms with E-state index < -0.39 is 11.9 Å². The average Bonchev–Trinajstić information content (AvgIpc) is 2.44. The third-order valence-electron chi connectivity index (χ3n) is 2.98. The average molecular weight is 315 g/mol. The number of hydrogen-bond acceptors (Lipinski definition) is 3. The van der Waals surface area contributed by atoms with E-state index in [9.17, 15) is 9.59 Å². The molecule has 1 aromatic carbocycles. The lowest BCUT2D eigenvalue weighted by Crippen LogP contribution is -2.40. The second-order valence-corrected chi connectivity index (χ2v) is 5.15. The number of nitrogens with one attached hydrogen (secondary N) is 1. The van der Waals surface area contributed by atoms with Gasteiger partial charge in [0.25, 0.3) is 0 Å². The molecule has 0 fully saturated rings. The predicted octanol–water partition coefficient (Wildman–Crippen LogP) is 2.21. The topological polar surface area (TPSA) is 78.9 Å². The zero-order valence-electron chi connectivity index (χ0n) is 12.2. The zero-order chi connectivity index (χ0) is 16.0. The van der Waals surface area contributed by atoms with Crippen molar-refractivity contribution in [1.82, 2.24) is 10.2 Å². The van der Waals surface area contributed by atoms with Crippen LogP contribution in [0, 0.1) is 5.92 Å². The highest BCUT2D eigenvalue weighted by Gasteiger charge is 2.17. The normalized spacial score (nSPS) is 11.6. The van der Waals surface area contributed by atoms with Gasteiger partial charge >= 0.3 is 12.0 Å². The molecule has 0 saturated heterocycles. The van der Waals surface area contributed by atoms with Gasteiger partial charge in [-0.25, -0.2) is 4.79 Å². The highest BCUT2D eigenvalue weighted by atomic mass is 35.5. The van der Waals surface area contributed by atoms with Gasteiger partial charge in [0.2, 0.25) is 0 Å². The van der Waals surface area contributed by atoms with E-state index in [4.69, 9.17) is 21.4 Å². The molecule has 2 N–H and O–H groups in total. The molecular weight excluding hydrogens is 296 g/mol. The van der Waals surface area contributed by atoms with E-state index in [-0.39, 0.29) is 12.6 Å². The first kappa shape index (κ1) is 17.1. The number of hydrogen-bond donors (Lipinski definition) is 2. The quantitative estimate of drug-likeness (QED) is 0.844. The molecule has 0 spiro atoms. The SMILES string of the molecule is COc1ccc(CNC(=O)N(C)CC(C)C(=O)O)cc1Cl. The Kier molecular flexibility index (Phi) is 6.30. The second-order valence-electron chi connectivity index (χ2n) is 4.75. The summed E-state index contributed by atoms with van der Waals surface area (Å²) < 4.78 is 5.05. The third-order valence-corrected chi connectivity index (χ3v) is 3.27. The molecule has 6 nitrogen and oxygen atoms in total. The number of nitrogens with zero attached hydrogens (tertiary/aromatic N) is 1. The number of rotatable bonds is 6. The summed E-state index contributed by atoms with van der Waals surface area (Å²) in [5, 5.41) is 12.0. The van der Waals surface area contributed by atoms with Gasteiger partial charge in [-0.15, -0.1) is 0 Å². The molecule has 0 aliphatic rings. The number of carbonyl (C=O) groups is 2. The zero-order valence-corrected chi connectivity index (χ0v) is 13.0. The van der Waals surface area contributed by atoms with Crippen LogP contribution in [0.4, 0.5) is 4.79 Å². The van der Waals surface area contributed by atoms with E-state index in [1.807, 2.05) is 0 Å². The lowest BCUT2D eigenvalue weighted by atomic mass is 10.2. The van der Waals surface area contributed by atoms with Gasteiger partial charge in [-0.2, -0.15) is 0 Å². The summed E-state index contributed by atoms with van der Waals surface area (Å²) in [6.07, 6.45) is 0. The lowest BCUT2D eigenvalue weighted by molar-refractivity contribution is -0.141. The Labute approximate surface area is 128 Å². The van der Waals surface area contributed by atoms with Gasteiger partial charge < -0.3 is 20.1 Å². The van der Waals surface area contributed by atoms with Crippen LogP contribution in [0.2, 0.25) is 5.02 Å². The minimum Gasteiger partial charge on any atom is -0.495 e. The van der Waals surface area contributed by atoms with Crippen LogP contribution < -0.4 is 10.1 Å². The minimum absolute atomic E-state index is 0.143. The summed E-state index contributed by atoms with van der Waals surface area (Å²) in [6, 6.07) is 4.89. The van der Waals surface area contributed by atoms with E-state index >= 15 is 0 Å². The molecule has 1 unspecified atom stereocenters. The molecule has 2 amide bonds. The summed E-state index contributed by atoms with van der Waals surface area (Å²) in [6.45, 7) is 1.99. The van der Waals surface area contributed by atoms with Crippen molar-refractivity contribution in [1.29, 1.82) is 0 Å². The molecule has 7 heteroatoms. The molecule has 116 valence electrons. The van der Waals surface area contributed by atoms with Crippen LogP contribution in [-0.2, 0) is 11.3 Å². The molecule has 0 bridgehead atoms. The number of benzene rings is 1. The standard InChI is InChI=1S/C14H19ClN2O4/c1-9(13(18)19)8-17(2)14(20)16-7-10-4-5-12(21-3)11(15)6-10/h4-6,9H,7-8H2,1-3H3,(H,16,20)(H,18,19). The molecule has 0 saturated carbocycles. The summed E-state index contributed by atoms with van der Waals surface area (Å²) in [4.78, 5) is 23.9. The Hall–Kier alpha value is -1.95. The first-order valence-electron chi connectivity index (χ1n) is 6.39. The maximum atomic E-state index is 11.8. The molecular formula is C14H19ClN2O4. The monoisotopic (exact) mass is 314 g/mol. The van der Waals surface area contributed by atoms with Crippen molar-refractivity contribution < 1.29 is 19.4 Å². The van der Waals surface area contributed by atoms with Gasteiger partial charge in [-0.05, 0) is 17.7 Å². The van der Waals surface area contributed by atoms with Crippen molar-refractivity contribution in [3.05, 3.63) is 28.8 Å². The molecule has 1 atom stereocenters. The first-order valence-corrected chi connectivity index (χ1v) is 6.77. The number of amides is 2. The van der Waals surface area contributed by atoms with Crippen LogP contribution >= 0.6 is 11.6 Å². The van der Waals surface area contributed by atoms with E-state index in [0.717, 1.165) is 5.56 Å². The molecule has 0 heterocycles. The number of urea groups is 1. The van der Waals surface area contributed by atoms with Gasteiger partial charge in [-0.3, -0.25) is 4.79 Å². The number of ether oxygens (including phenoxy) is 1. The van der Waals surface area contributed by atoms with E-state index in [2.05, 4.69) is 5.32 Å². The Morgan fingerprint density at radius 2 is 2.14 bits per heavy atom. The molecule has 1 rings (SSSR count). The summed E-state index contributed by atoms with van der Waals surface area (Å²) in [7, 11) is 3.08. The maximum Gasteiger partial charge on any atom is 0.317 e. The Morgan fingerprint density at radius 3 is 2.67 bits per heavy atom. The summed E-state index contributed by atoms with van der Waals surface area (Å²) in [5.41, 5.74) is 0.828.